The summed E-state index contributed by atoms with van der Waals surface area (Å²) >= 11 is 15.3. The summed E-state index contributed by atoms with van der Waals surface area (Å²) in [5, 5.41) is 3.11. The molecule has 1 N–H and O–H groups in total. The Kier molecular flexibility index (Phi) is 6.87. The number of nitrogens with one attached hydrogen (secondary N) is 1. The van der Waals surface area contributed by atoms with Crippen molar-refractivity contribution in [3.8, 4) is 0 Å². The molecule has 134 valence electrons. The number of para-hydroxylation sites is 1. The van der Waals surface area contributed by atoms with E-state index in [1.807, 2.05) is 0 Å². The average molecular weight is 466 g/mol. The Balaban J connectivity index is 2.22. The molecule has 0 unspecified atom stereocenters. The topological polar surface area (TPSA) is 66.5 Å². The van der Waals surface area contributed by atoms with Gasteiger partial charge in [0.2, 0.25) is 15.9 Å². The fourth-order valence-electron chi connectivity index (χ4n) is 2.12. The van der Waals surface area contributed by atoms with Gasteiger partial charge in [-0.2, -0.15) is 4.31 Å². The molecular formula is C16H15BrCl2N2O3S. The fraction of sp³-hybridized carbons (Fsp3) is 0.188. The van der Waals surface area contributed by atoms with Crippen LogP contribution < -0.4 is 5.32 Å². The van der Waals surface area contributed by atoms with Gasteiger partial charge >= 0.3 is 0 Å². The molecule has 0 atom stereocenters. The zero-order valence-corrected chi connectivity index (χ0v) is 17.1. The van der Waals surface area contributed by atoms with Crippen molar-refractivity contribution in [3.63, 3.8) is 0 Å². The maximum Gasteiger partial charge on any atom is 0.244 e. The largest absolute Gasteiger partial charge is 0.322 e. The lowest BCUT2D eigenvalue weighted by Crippen LogP contribution is -2.38. The second-order valence-electron chi connectivity index (χ2n) is 5.01. The van der Waals surface area contributed by atoms with Gasteiger partial charge in [-0.25, -0.2) is 8.42 Å². The molecule has 0 spiro atoms. The number of likely N-dealkylation sites (N-methyl/N-ethyl adjacent to an activating group) is 1. The highest BCUT2D eigenvalue weighted by molar-refractivity contribution is 9.10. The number of hydrogen-bond acceptors (Lipinski definition) is 3. The molecule has 2 aromatic rings. The Bertz CT molecular complexity index is 870. The fourth-order valence-corrected chi connectivity index (χ4v) is 4.98. The molecule has 0 aliphatic rings. The maximum absolute atomic E-state index is 12.8. The molecule has 0 radical (unpaired) electrons. The van der Waals surface area contributed by atoms with Crippen LogP contribution in [0.4, 0.5) is 5.69 Å². The molecule has 9 heteroatoms. The second kappa shape index (κ2) is 8.51. The van der Waals surface area contributed by atoms with Crippen molar-refractivity contribution < 1.29 is 13.2 Å². The summed E-state index contributed by atoms with van der Waals surface area (Å²) in [6.07, 6.45) is 0. The summed E-state index contributed by atoms with van der Waals surface area (Å²) in [7, 11) is -3.83. The summed E-state index contributed by atoms with van der Waals surface area (Å²) in [5.74, 6) is -0.535. The number of anilines is 1. The first-order valence-electron chi connectivity index (χ1n) is 7.26. The van der Waals surface area contributed by atoms with E-state index < -0.39 is 15.9 Å². The van der Waals surface area contributed by atoms with Crippen LogP contribution in [0.2, 0.25) is 10.0 Å². The van der Waals surface area contributed by atoms with E-state index in [1.165, 1.54) is 6.07 Å². The van der Waals surface area contributed by atoms with Crippen LogP contribution in [0.5, 0.6) is 0 Å². The van der Waals surface area contributed by atoms with Gasteiger partial charge in [-0.15, -0.1) is 0 Å². The van der Waals surface area contributed by atoms with Crippen molar-refractivity contribution in [2.24, 2.45) is 0 Å². The molecule has 25 heavy (non-hydrogen) atoms. The minimum absolute atomic E-state index is 0.0976. The van der Waals surface area contributed by atoms with E-state index in [-0.39, 0.29) is 33.7 Å². The Labute approximate surface area is 165 Å². The number of amides is 1. The number of benzene rings is 2. The average Bonchev–Trinajstić information content (AvgIpc) is 2.56. The molecular weight excluding hydrogens is 451 g/mol. The third-order valence-corrected chi connectivity index (χ3v) is 6.92. The molecule has 5 nitrogen and oxygen atoms in total. The highest BCUT2D eigenvalue weighted by Gasteiger charge is 2.27. The van der Waals surface area contributed by atoms with Crippen molar-refractivity contribution >= 4 is 60.7 Å². The highest BCUT2D eigenvalue weighted by Crippen LogP contribution is 2.30. The van der Waals surface area contributed by atoms with Gasteiger partial charge in [-0.3, -0.25) is 4.79 Å². The molecule has 2 aromatic carbocycles. The number of sulfonamides is 1. The van der Waals surface area contributed by atoms with E-state index in [4.69, 9.17) is 23.2 Å². The van der Waals surface area contributed by atoms with Gasteiger partial charge in [0.25, 0.3) is 0 Å². The smallest absolute Gasteiger partial charge is 0.244 e. The molecule has 0 fully saturated rings. The Morgan fingerprint density at radius 1 is 1.12 bits per heavy atom. The summed E-state index contributed by atoms with van der Waals surface area (Å²) in [6, 6.07) is 11.3. The highest BCUT2D eigenvalue weighted by atomic mass is 79.9. The van der Waals surface area contributed by atoms with Crippen molar-refractivity contribution in [2.45, 2.75) is 11.8 Å². The van der Waals surface area contributed by atoms with Crippen LogP contribution in [0, 0.1) is 0 Å². The molecule has 0 saturated carbocycles. The van der Waals surface area contributed by atoms with E-state index >= 15 is 0 Å². The standard InChI is InChI=1S/C16H15BrCl2N2O3S/c1-2-21(25(23,24)14-9-4-3-6-11(14)17)10-15(22)20-16-12(18)7-5-8-13(16)19/h3-9H,2,10H2,1H3,(H,20,22). The predicted molar refractivity (Wildman–Crippen MR) is 104 cm³/mol. The predicted octanol–water partition coefficient (Wildman–Crippen LogP) is 4.41. The first-order valence-corrected chi connectivity index (χ1v) is 10.2. The molecule has 0 heterocycles. The van der Waals surface area contributed by atoms with Crippen molar-refractivity contribution in [2.75, 3.05) is 18.4 Å². The Morgan fingerprint density at radius 2 is 1.72 bits per heavy atom. The van der Waals surface area contributed by atoms with Gasteiger partial charge in [-0.05, 0) is 40.2 Å². The molecule has 2 rings (SSSR count). The van der Waals surface area contributed by atoms with Crippen LogP contribution in [0.25, 0.3) is 0 Å². The van der Waals surface area contributed by atoms with E-state index in [0.717, 1.165) is 4.31 Å². The third-order valence-electron chi connectivity index (χ3n) is 3.35. The van der Waals surface area contributed by atoms with Gasteiger partial charge in [0.05, 0.1) is 27.2 Å². The lowest BCUT2D eigenvalue weighted by atomic mass is 10.3. The van der Waals surface area contributed by atoms with Gasteiger partial charge in [-0.1, -0.05) is 48.3 Å². The van der Waals surface area contributed by atoms with E-state index in [9.17, 15) is 13.2 Å². The molecule has 0 aliphatic heterocycles. The van der Waals surface area contributed by atoms with Crippen LogP contribution >= 0.6 is 39.1 Å². The summed E-state index contributed by atoms with van der Waals surface area (Å²) in [6.45, 7) is 1.43. The zero-order valence-electron chi connectivity index (χ0n) is 13.2. The van der Waals surface area contributed by atoms with Crippen LogP contribution in [0.3, 0.4) is 0 Å². The first kappa shape index (κ1) is 20.2. The van der Waals surface area contributed by atoms with Crippen molar-refractivity contribution in [1.82, 2.24) is 4.31 Å². The summed E-state index contributed by atoms with van der Waals surface area (Å²) in [4.78, 5) is 12.4. The molecule has 0 bridgehead atoms. The SMILES string of the molecule is CCN(CC(=O)Nc1c(Cl)cccc1Cl)S(=O)(=O)c1ccccc1Br. The van der Waals surface area contributed by atoms with Crippen LogP contribution in [0.15, 0.2) is 51.8 Å². The van der Waals surface area contributed by atoms with Crippen molar-refractivity contribution in [1.29, 1.82) is 0 Å². The summed E-state index contributed by atoms with van der Waals surface area (Å²) in [5.41, 5.74) is 0.255. The third kappa shape index (κ3) is 4.74. The van der Waals surface area contributed by atoms with Gasteiger partial charge in [0.15, 0.2) is 0 Å². The molecule has 0 aromatic heterocycles. The number of nitrogens with zero attached hydrogens (tertiary/aromatic N) is 1. The molecule has 1 amide bonds. The second-order valence-corrected chi connectivity index (χ2v) is 8.58. The monoisotopic (exact) mass is 464 g/mol. The minimum atomic E-state index is -3.83. The van der Waals surface area contributed by atoms with Crippen molar-refractivity contribution in [3.05, 3.63) is 57.0 Å². The normalized spacial score (nSPS) is 11.6. The number of carbonyl (C=O) groups excluding carboxylic acids is 1. The molecule has 0 saturated heterocycles. The quantitative estimate of drug-likeness (QED) is 0.687. The van der Waals surface area contributed by atoms with Gasteiger partial charge in [0, 0.05) is 11.0 Å². The van der Waals surface area contributed by atoms with Crippen LogP contribution in [-0.2, 0) is 14.8 Å². The van der Waals surface area contributed by atoms with Gasteiger partial charge in [0.1, 0.15) is 0 Å². The Hall–Kier alpha value is -1.12. The number of rotatable bonds is 6. The van der Waals surface area contributed by atoms with Crippen LogP contribution in [-0.4, -0.2) is 31.7 Å². The lowest BCUT2D eigenvalue weighted by Gasteiger charge is -2.21. The van der Waals surface area contributed by atoms with Crippen LogP contribution in [0.1, 0.15) is 6.92 Å². The van der Waals surface area contributed by atoms with Gasteiger partial charge < -0.3 is 5.32 Å². The minimum Gasteiger partial charge on any atom is -0.322 e. The van der Waals surface area contributed by atoms with E-state index in [1.54, 1.807) is 43.3 Å². The lowest BCUT2D eigenvalue weighted by molar-refractivity contribution is -0.116. The summed E-state index contributed by atoms with van der Waals surface area (Å²) < 4.78 is 27.0. The van der Waals surface area contributed by atoms with E-state index in [2.05, 4.69) is 21.2 Å². The van der Waals surface area contributed by atoms with E-state index in [0.29, 0.717) is 4.47 Å². The molecule has 0 aliphatic carbocycles. The number of halogens is 3. The zero-order chi connectivity index (χ0) is 18.6. The number of carbonyl (C=O) groups is 1. The maximum atomic E-state index is 12.8. The Morgan fingerprint density at radius 3 is 2.28 bits per heavy atom. The number of hydrogen-bond donors (Lipinski definition) is 1. The first-order chi connectivity index (χ1) is 11.8.